The molecular weight excluding hydrogens is 280 g/mol. The predicted molar refractivity (Wildman–Crippen MR) is 70.9 cm³/mol. The highest BCUT2D eigenvalue weighted by atomic mass is 16.6. The molecule has 21 heavy (non-hydrogen) atoms. The van der Waals surface area contributed by atoms with Gasteiger partial charge in [0, 0.05) is 24.8 Å². The number of nitrogens with one attached hydrogen (secondary N) is 2. The molecule has 0 atom stereocenters. The van der Waals surface area contributed by atoms with Crippen LogP contribution in [0.25, 0.3) is 0 Å². The quantitative estimate of drug-likeness (QED) is 0.603. The number of carbonyl (C=O) groups excluding carboxylic acids is 1. The Bertz CT molecular complexity index is 689. The lowest BCUT2D eigenvalue weighted by molar-refractivity contribution is -0.386. The van der Waals surface area contributed by atoms with Crippen LogP contribution in [-0.4, -0.2) is 37.9 Å². The van der Waals surface area contributed by atoms with Crippen LogP contribution in [0, 0.1) is 17.0 Å². The third-order valence-electron chi connectivity index (χ3n) is 3.09. The molecule has 0 bridgehead atoms. The van der Waals surface area contributed by atoms with Crippen LogP contribution < -0.4 is 10.1 Å². The number of ether oxygens (including phenoxy) is 1. The molecule has 0 spiro atoms. The summed E-state index contributed by atoms with van der Waals surface area (Å²) in [6.07, 6.45) is 1.62. The van der Waals surface area contributed by atoms with Gasteiger partial charge >= 0.3 is 11.6 Å². The molecule has 2 heterocycles. The van der Waals surface area contributed by atoms with Gasteiger partial charge in [-0.05, 0) is 6.92 Å². The van der Waals surface area contributed by atoms with Crippen molar-refractivity contribution in [3.8, 4) is 5.88 Å². The lowest BCUT2D eigenvalue weighted by atomic mass is 10.2. The van der Waals surface area contributed by atoms with Gasteiger partial charge in [0.2, 0.25) is 5.69 Å². The van der Waals surface area contributed by atoms with E-state index in [2.05, 4.69) is 20.6 Å². The van der Waals surface area contributed by atoms with Crippen molar-refractivity contribution >= 4 is 11.6 Å². The lowest BCUT2D eigenvalue weighted by Crippen LogP contribution is -2.24. The van der Waals surface area contributed by atoms with Gasteiger partial charge in [0.15, 0.2) is 0 Å². The van der Waals surface area contributed by atoms with Crippen LogP contribution in [0.15, 0.2) is 6.20 Å². The highest BCUT2D eigenvalue weighted by molar-refractivity contribution is 5.97. The van der Waals surface area contributed by atoms with E-state index in [0.29, 0.717) is 0 Å². The molecule has 2 N–H and O–H groups in total. The van der Waals surface area contributed by atoms with Crippen LogP contribution in [0.4, 0.5) is 5.69 Å². The zero-order valence-electron chi connectivity index (χ0n) is 11.7. The average Bonchev–Trinajstić information content (AvgIpc) is 3.02. The number of H-pyrrole nitrogens is 1. The summed E-state index contributed by atoms with van der Waals surface area (Å²) in [4.78, 5) is 22.3. The van der Waals surface area contributed by atoms with E-state index in [1.807, 2.05) is 6.92 Å². The molecule has 0 radical (unpaired) electrons. The first-order chi connectivity index (χ1) is 9.95. The third-order valence-corrected chi connectivity index (χ3v) is 3.09. The largest absolute Gasteiger partial charge is 0.475 e. The molecule has 0 saturated carbocycles. The van der Waals surface area contributed by atoms with E-state index < -0.39 is 16.5 Å². The summed E-state index contributed by atoms with van der Waals surface area (Å²) in [5.41, 5.74) is 0.975. The van der Waals surface area contributed by atoms with Crippen molar-refractivity contribution in [2.45, 2.75) is 13.5 Å². The Morgan fingerprint density at radius 2 is 2.33 bits per heavy atom. The number of aromatic amines is 1. The molecule has 2 rings (SSSR count). The van der Waals surface area contributed by atoms with Crippen LogP contribution in [0.5, 0.6) is 5.88 Å². The van der Waals surface area contributed by atoms with Gasteiger partial charge in [0.1, 0.15) is 0 Å². The van der Waals surface area contributed by atoms with Gasteiger partial charge in [-0.25, -0.2) is 0 Å². The van der Waals surface area contributed by atoms with Crippen LogP contribution in [0.2, 0.25) is 0 Å². The molecule has 0 aliphatic rings. The van der Waals surface area contributed by atoms with Gasteiger partial charge in [0.05, 0.1) is 18.2 Å². The zero-order chi connectivity index (χ0) is 15.6. The molecule has 0 fully saturated rings. The molecule has 2 aromatic rings. The Labute approximate surface area is 119 Å². The Morgan fingerprint density at radius 3 is 2.86 bits per heavy atom. The van der Waals surface area contributed by atoms with Crippen molar-refractivity contribution in [1.29, 1.82) is 0 Å². The number of nitro groups is 1. The highest BCUT2D eigenvalue weighted by Gasteiger charge is 2.29. The van der Waals surface area contributed by atoms with Gasteiger partial charge in [-0.1, -0.05) is 0 Å². The molecule has 0 aromatic carbocycles. The number of hydrogen-bond donors (Lipinski definition) is 2. The summed E-state index contributed by atoms with van der Waals surface area (Å²) >= 11 is 0. The normalized spacial score (nSPS) is 10.4. The Balaban J connectivity index is 2.16. The fourth-order valence-electron chi connectivity index (χ4n) is 1.77. The van der Waals surface area contributed by atoms with Crippen LogP contribution >= 0.6 is 0 Å². The summed E-state index contributed by atoms with van der Waals surface area (Å²) in [6, 6.07) is 0. The van der Waals surface area contributed by atoms with Gasteiger partial charge in [-0.3, -0.25) is 24.7 Å². The molecule has 10 heteroatoms. The molecule has 0 aliphatic carbocycles. The zero-order valence-corrected chi connectivity index (χ0v) is 11.7. The first-order valence-electron chi connectivity index (χ1n) is 5.98. The molecule has 2 aromatic heterocycles. The summed E-state index contributed by atoms with van der Waals surface area (Å²) in [5, 5.41) is 23.5. The number of hydrogen-bond acceptors (Lipinski definition) is 6. The minimum absolute atomic E-state index is 0.205. The summed E-state index contributed by atoms with van der Waals surface area (Å²) < 4.78 is 6.42. The number of carbonyl (C=O) groups is 1. The molecule has 10 nitrogen and oxygen atoms in total. The smallest absolute Gasteiger partial charge is 0.362 e. The van der Waals surface area contributed by atoms with Gasteiger partial charge in [-0.2, -0.15) is 5.10 Å². The standard InChI is InChI=1S/C11H14N6O4/c1-6-7(5-13-16(6)2)4-12-10(18)8-9(17(19)20)11(21-3)15-14-8/h5H,4H2,1-3H3,(H,12,18)(H,14,15). The van der Waals surface area contributed by atoms with E-state index >= 15 is 0 Å². The maximum atomic E-state index is 12.0. The highest BCUT2D eigenvalue weighted by Crippen LogP contribution is 2.27. The van der Waals surface area contributed by atoms with Gasteiger partial charge in [-0.15, -0.1) is 5.10 Å². The number of aromatic nitrogens is 4. The van der Waals surface area contributed by atoms with E-state index in [4.69, 9.17) is 4.74 Å². The second-order valence-corrected chi connectivity index (χ2v) is 4.28. The van der Waals surface area contributed by atoms with E-state index in [9.17, 15) is 14.9 Å². The van der Waals surface area contributed by atoms with Crippen LogP contribution in [0.3, 0.4) is 0 Å². The Morgan fingerprint density at radius 1 is 1.62 bits per heavy atom. The van der Waals surface area contributed by atoms with Crippen molar-refractivity contribution in [3.63, 3.8) is 0 Å². The fourth-order valence-corrected chi connectivity index (χ4v) is 1.77. The van der Waals surface area contributed by atoms with E-state index in [1.54, 1.807) is 17.9 Å². The van der Waals surface area contributed by atoms with Crippen LogP contribution in [0.1, 0.15) is 21.7 Å². The number of amides is 1. The first-order valence-corrected chi connectivity index (χ1v) is 5.98. The minimum Gasteiger partial charge on any atom is -0.475 e. The van der Waals surface area contributed by atoms with Gasteiger partial charge in [0.25, 0.3) is 5.91 Å². The minimum atomic E-state index is -0.716. The van der Waals surface area contributed by atoms with Crippen molar-refractivity contribution in [2.24, 2.45) is 7.05 Å². The molecule has 0 saturated heterocycles. The van der Waals surface area contributed by atoms with Crippen molar-refractivity contribution in [3.05, 3.63) is 33.3 Å². The monoisotopic (exact) mass is 294 g/mol. The summed E-state index contributed by atoms with van der Waals surface area (Å²) in [6.45, 7) is 2.06. The molecule has 1 amide bonds. The summed E-state index contributed by atoms with van der Waals surface area (Å²) in [5.74, 6) is -0.872. The Kier molecular flexibility index (Phi) is 3.87. The molecule has 0 unspecified atom stereocenters. The third kappa shape index (κ3) is 2.68. The summed E-state index contributed by atoms with van der Waals surface area (Å²) in [7, 11) is 3.02. The van der Waals surface area contributed by atoms with Gasteiger partial charge < -0.3 is 10.1 Å². The Hall–Kier alpha value is -2.91. The molecule has 0 aliphatic heterocycles. The number of aryl methyl sites for hydroxylation is 1. The molecular formula is C11H14N6O4. The SMILES string of the molecule is COc1n[nH]c(C(=O)NCc2cnn(C)c2C)c1[N+](=O)[O-]. The van der Waals surface area contributed by atoms with E-state index in [0.717, 1.165) is 11.3 Å². The topological polar surface area (TPSA) is 128 Å². The average molecular weight is 294 g/mol. The second kappa shape index (κ2) is 5.61. The van der Waals surface area contributed by atoms with E-state index in [1.165, 1.54) is 7.11 Å². The van der Waals surface area contributed by atoms with Crippen LogP contribution in [-0.2, 0) is 13.6 Å². The predicted octanol–water partition coefficient (Wildman–Crippen LogP) is 0.298. The van der Waals surface area contributed by atoms with Crippen molar-refractivity contribution in [2.75, 3.05) is 7.11 Å². The van der Waals surface area contributed by atoms with Crippen molar-refractivity contribution in [1.82, 2.24) is 25.3 Å². The second-order valence-electron chi connectivity index (χ2n) is 4.28. The number of methoxy groups -OCH3 is 1. The number of nitrogens with zero attached hydrogens (tertiary/aromatic N) is 4. The number of rotatable bonds is 5. The molecule has 112 valence electrons. The first kappa shape index (κ1) is 14.5. The fraction of sp³-hybridized carbons (Fsp3) is 0.364. The maximum Gasteiger partial charge on any atom is 0.362 e. The maximum absolute atomic E-state index is 12.0. The van der Waals surface area contributed by atoms with Crippen molar-refractivity contribution < 1.29 is 14.5 Å². The lowest BCUT2D eigenvalue weighted by Gasteiger charge is -2.03. The van der Waals surface area contributed by atoms with E-state index in [-0.39, 0.29) is 18.1 Å².